The third kappa shape index (κ3) is 4.76. The summed E-state index contributed by atoms with van der Waals surface area (Å²) in [6.45, 7) is 3.41. The average Bonchev–Trinajstić information content (AvgIpc) is 3.19. The van der Waals surface area contributed by atoms with E-state index in [-0.39, 0.29) is 12.3 Å². The summed E-state index contributed by atoms with van der Waals surface area (Å²) < 4.78 is 27.6. The Morgan fingerprint density at radius 1 is 1.07 bits per heavy atom. The van der Waals surface area contributed by atoms with Gasteiger partial charge in [0.25, 0.3) is 0 Å². The molecule has 1 aliphatic carbocycles. The topological polar surface area (TPSA) is 70.6 Å². The molecule has 2 aliphatic rings. The summed E-state index contributed by atoms with van der Waals surface area (Å²) in [5.74, 6) is 0.570. The second-order valence-corrected chi connectivity index (χ2v) is 11.2. The van der Waals surface area contributed by atoms with E-state index < -0.39 is 10.0 Å². The van der Waals surface area contributed by atoms with Crippen molar-refractivity contribution in [1.29, 1.82) is 0 Å². The first-order chi connectivity index (χ1) is 14.4. The summed E-state index contributed by atoms with van der Waals surface area (Å²) in [6.07, 6.45) is 6.50. The highest BCUT2D eigenvalue weighted by molar-refractivity contribution is 7.89. The summed E-state index contributed by atoms with van der Waals surface area (Å²) in [4.78, 5) is 18.9. The minimum Gasteiger partial charge on any atom is -0.340 e. The van der Waals surface area contributed by atoms with E-state index in [1.54, 1.807) is 17.0 Å². The Morgan fingerprint density at radius 3 is 2.33 bits per heavy atom. The van der Waals surface area contributed by atoms with Gasteiger partial charge in [-0.25, -0.2) is 13.4 Å². The van der Waals surface area contributed by atoms with Crippen LogP contribution in [0.5, 0.6) is 0 Å². The molecule has 6 nitrogen and oxygen atoms in total. The Labute approximate surface area is 183 Å². The molecule has 1 saturated heterocycles. The van der Waals surface area contributed by atoms with Gasteiger partial charge in [-0.2, -0.15) is 4.31 Å². The molecule has 162 valence electrons. The molecular weight excluding hydrogens is 418 g/mol. The average molecular weight is 448 g/mol. The van der Waals surface area contributed by atoms with Gasteiger partial charge in [0.05, 0.1) is 22.0 Å². The molecule has 2 heterocycles. The van der Waals surface area contributed by atoms with Gasteiger partial charge in [0, 0.05) is 31.6 Å². The Balaban J connectivity index is 1.35. The second kappa shape index (κ2) is 9.16. The molecule has 2 fully saturated rings. The number of sulfonamides is 1. The highest BCUT2D eigenvalue weighted by Gasteiger charge is 2.30. The van der Waals surface area contributed by atoms with Crippen LogP contribution in [0.2, 0.25) is 0 Å². The molecule has 0 unspecified atom stereocenters. The van der Waals surface area contributed by atoms with Crippen molar-refractivity contribution >= 4 is 27.3 Å². The van der Waals surface area contributed by atoms with Gasteiger partial charge in [-0.05, 0) is 43.4 Å². The molecule has 1 aromatic carbocycles. The smallest absolute Gasteiger partial charge is 0.243 e. The Morgan fingerprint density at radius 2 is 1.73 bits per heavy atom. The zero-order chi connectivity index (χ0) is 21.1. The SMILES string of the molecule is Cc1nc(CC(=O)N2CCN(S(=O)(=O)c3ccc(C4CCCCC4)cc3)CC2)cs1. The number of aromatic nitrogens is 1. The fourth-order valence-corrected chi connectivity index (χ4v) is 6.47. The fraction of sp³-hybridized carbons (Fsp3) is 0.545. The van der Waals surface area contributed by atoms with Crippen molar-refractivity contribution in [1.82, 2.24) is 14.2 Å². The number of aryl methyl sites for hydroxylation is 1. The van der Waals surface area contributed by atoms with E-state index in [0.717, 1.165) is 10.7 Å². The van der Waals surface area contributed by atoms with Gasteiger partial charge < -0.3 is 4.90 Å². The fourth-order valence-electron chi connectivity index (χ4n) is 4.43. The van der Waals surface area contributed by atoms with E-state index in [9.17, 15) is 13.2 Å². The molecule has 1 aromatic heterocycles. The van der Waals surface area contributed by atoms with Crippen LogP contribution in [0.15, 0.2) is 34.5 Å². The van der Waals surface area contributed by atoms with Gasteiger partial charge in [0.15, 0.2) is 0 Å². The summed E-state index contributed by atoms with van der Waals surface area (Å²) in [5, 5.41) is 2.86. The maximum Gasteiger partial charge on any atom is 0.243 e. The first-order valence-corrected chi connectivity index (χ1v) is 13.0. The first kappa shape index (κ1) is 21.5. The van der Waals surface area contributed by atoms with Crippen LogP contribution in [-0.2, 0) is 21.2 Å². The van der Waals surface area contributed by atoms with Crippen LogP contribution in [0.3, 0.4) is 0 Å². The van der Waals surface area contributed by atoms with Crippen molar-refractivity contribution in [2.45, 2.75) is 56.3 Å². The second-order valence-electron chi connectivity index (χ2n) is 8.22. The van der Waals surface area contributed by atoms with Crippen molar-refractivity contribution in [3.63, 3.8) is 0 Å². The van der Waals surface area contributed by atoms with E-state index in [0.29, 0.717) is 37.0 Å². The van der Waals surface area contributed by atoms with Gasteiger partial charge in [0.1, 0.15) is 0 Å². The minimum atomic E-state index is -3.53. The number of benzene rings is 1. The number of hydrogen-bond donors (Lipinski definition) is 0. The lowest BCUT2D eigenvalue weighted by Crippen LogP contribution is -2.50. The molecule has 1 saturated carbocycles. The van der Waals surface area contributed by atoms with Gasteiger partial charge in [-0.1, -0.05) is 31.4 Å². The van der Waals surface area contributed by atoms with Crippen molar-refractivity contribution in [3.8, 4) is 0 Å². The molecule has 0 radical (unpaired) electrons. The molecule has 30 heavy (non-hydrogen) atoms. The zero-order valence-corrected chi connectivity index (χ0v) is 19.1. The minimum absolute atomic E-state index is 0.00850. The monoisotopic (exact) mass is 447 g/mol. The number of piperazine rings is 1. The lowest BCUT2D eigenvalue weighted by atomic mass is 9.84. The highest BCUT2D eigenvalue weighted by Crippen LogP contribution is 2.33. The third-order valence-electron chi connectivity index (χ3n) is 6.18. The van der Waals surface area contributed by atoms with E-state index in [1.807, 2.05) is 24.4 Å². The number of thiazole rings is 1. The summed E-state index contributed by atoms with van der Waals surface area (Å²) >= 11 is 1.53. The predicted octanol–water partition coefficient (Wildman–Crippen LogP) is 3.57. The van der Waals surface area contributed by atoms with Crippen LogP contribution in [-0.4, -0.2) is 54.7 Å². The zero-order valence-electron chi connectivity index (χ0n) is 17.4. The number of rotatable bonds is 5. The number of hydrogen-bond acceptors (Lipinski definition) is 5. The van der Waals surface area contributed by atoms with Crippen LogP contribution in [0.1, 0.15) is 54.3 Å². The van der Waals surface area contributed by atoms with Crippen molar-refractivity contribution in [2.75, 3.05) is 26.2 Å². The Hall–Kier alpha value is -1.77. The standard InChI is InChI=1S/C22H29N3O3S2/c1-17-23-20(16-29-17)15-22(26)24-11-13-25(14-12-24)30(27,28)21-9-7-19(8-10-21)18-5-3-2-4-6-18/h7-10,16,18H,2-6,11-15H2,1H3. The van der Waals surface area contributed by atoms with Crippen molar-refractivity contribution in [2.24, 2.45) is 0 Å². The number of carbonyl (C=O) groups excluding carboxylic acids is 1. The third-order valence-corrected chi connectivity index (χ3v) is 8.92. The molecule has 0 spiro atoms. The van der Waals surface area contributed by atoms with Crippen LogP contribution < -0.4 is 0 Å². The molecule has 1 aliphatic heterocycles. The van der Waals surface area contributed by atoms with Gasteiger partial charge in [-0.3, -0.25) is 4.79 Å². The van der Waals surface area contributed by atoms with Gasteiger partial charge >= 0.3 is 0 Å². The summed E-state index contributed by atoms with van der Waals surface area (Å²) in [5.41, 5.74) is 2.04. The number of nitrogens with zero attached hydrogens (tertiary/aromatic N) is 3. The number of amides is 1. The lowest BCUT2D eigenvalue weighted by molar-refractivity contribution is -0.131. The van der Waals surface area contributed by atoms with Crippen molar-refractivity contribution < 1.29 is 13.2 Å². The number of carbonyl (C=O) groups is 1. The molecular formula is C22H29N3O3S2. The Kier molecular flexibility index (Phi) is 6.55. The molecule has 0 bridgehead atoms. The molecule has 8 heteroatoms. The van der Waals surface area contributed by atoms with Crippen LogP contribution in [0.4, 0.5) is 0 Å². The van der Waals surface area contributed by atoms with Gasteiger partial charge in [0.2, 0.25) is 15.9 Å². The largest absolute Gasteiger partial charge is 0.340 e. The van der Waals surface area contributed by atoms with Crippen molar-refractivity contribution in [3.05, 3.63) is 45.9 Å². The van der Waals surface area contributed by atoms with Crippen LogP contribution in [0, 0.1) is 6.92 Å². The van der Waals surface area contributed by atoms with Crippen LogP contribution in [0.25, 0.3) is 0 Å². The maximum absolute atomic E-state index is 13.1. The molecule has 2 aromatic rings. The maximum atomic E-state index is 13.1. The Bertz CT molecular complexity index is 971. The van der Waals surface area contributed by atoms with Crippen LogP contribution >= 0.6 is 11.3 Å². The highest BCUT2D eigenvalue weighted by atomic mass is 32.2. The molecule has 0 atom stereocenters. The first-order valence-electron chi connectivity index (χ1n) is 10.7. The summed E-state index contributed by atoms with van der Waals surface area (Å²) in [6, 6.07) is 7.47. The summed E-state index contributed by atoms with van der Waals surface area (Å²) in [7, 11) is -3.53. The van der Waals surface area contributed by atoms with E-state index in [1.165, 1.54) is 53.3 Å². The quantitative estimate of drug-likeness (QED) is 0.703. The van der Waals surface area contributed by atoms with E-state index >= 15 is 0 Å². The predicted molar refractivity (Wildman–Crippen MR) is 118 cm³/mol. The molecule has 1 amide bonds. The van der Waals surface area contributed by atoms with Gasteiger partial charge in [-0.15, -0.1) is 11.3 Å². The normalized spacial score (nSPS) is 19.2. The molecule has 0 N–H and O–H groups in total. The van der Waals surface area contributed by atoms with E-state index in [4.69, 9.17) is 0 Å². The lowest BCUT2D eigenvalue weighted by Gasteiger charge is -2.34. The van der Waals surface area contributed by atoms with E-state index in [2.05, 4.69) is 4.98 Å². The molecule has 4 rings (SSSR count).